The molecular formula is C13H11BrN2O3S. The molecule has 0 unspecified atom stereocenters. The monoisotopic (exact) mass is 354 g/mol. The molecule has 0 radical (unpaired) electrons. The van der Waals surface area contributed by atoms with Gasteiger partial charge in [-0.2, -0.15) is 0 Å². The van der Waals surface area contributed by atoms with Crippen LogP contribution in [-0.2, 0) is 9.84 Å². The largest absolute Gasteiger partial charge is 0.307 e. The number of halogens is 1. The summed E-state index contributed by atoms with van der Waals surface area (Å²) in [5.41, 5.74) is 0.360. The molecule has 104 valence electrons. The van der Waals surface area contributed by atoms with Gasteiger partial charge in [0.25, 0.3) is 5.91 Å². The first-order valence-electron chi connectivity index (χ1n) is 5.60. The van der Waals surface area contributed by atoms with Crippen molar-refractivity contribution in [3.63, 3.8) is 0 Å². The molecule has 1 aromatic heterocycles. The highest BCUT2D eigenvalue weighted by atomic mass is 79.9. The first-order valence-corrected chi connectivity index (χ1v) is 8.29. The van der Waals surface area contributed by atoms with Gasteiger partial charge in [0.05, 0.1) is 4.90 Å². The summed E-state index contributed by atoms with van der Waals surface area (Å²) in [5.74, 6) is 0.0622. The van der Waals surface area contributed by atoms with Crippen molar-refractivity contribution in [2.75, 3.05) is 11.6 Å². The molecule has 0 aliphatic carbocycles. The molecule has 0 bridgehead atoms. The lowest BCUT2D eigenvalue weighted by Crippen LogP contribution is -2.13. The highest BCUT2D eigenvalue weighted by Gasteiger charge is 2.10. The van der Waals surface area contributed by atoms with Crippen molar-refractivity contribution in [2.45, 2.75) is 4.90 Å². The number of sulfone groups is 1. The SMILES string of the molecule is CS(=O)(=O)c1ccc(C(=O)Nc2cccc(Br)n2)cc1. The van der Waals surface area contributed by atoms with E-state index in [1.54, 1.807) is 18.2 Å². The molecule has 0 spiro atoms. The number of nitrogens with one attached hydrogen (secondary N) is 1. The number of carbonyl (C=O) groups is 1. The predicted molar refractivity (Wildman–Crippen MR) is 79.4 cm³/mol. The second-order valence-electron chi connectivity index (χ2n) is 4.10. The topological polar surface area (TPSA) is 76.1 Å². The molecule has 2 aromatic rings. The molecule has 20 heavy (non-hydrogen) atoms. The van der Waals surface area contributed by atoms with E-state index in [-0.39, 0.29) is 10.8 Å². The fourth-order valence-corrected chi connectivity index (χ4v) is 2.49. The van der Waals surface area contributed by atoms with Crippen LogP contribution in [0.15, 0.2) is 52.0 Å². The summed E-state index contributed by atoms with van der Waals surface area (Å²) < 4.78 is 23.3. The fourth-order valence-electron chi connectivity index (χ4n) is 1.52. The van der Waals surface area contributed by atoms with Crippen LogP contribution in [0.4, 0.5) is 5.82 Å². The number of hydrogen-bond donors (Lipinski definition) is 1. The molecule has 0 fully saturated rings. The molecule has 7 heteroatoms. The van der Waals surface area contributed by atoms with Crippen LogP contribution in [0.5, 0.6) is 0 Å². The average molecular weight is 355 g/mol. The second-order valence-corrected chi connectivity index (χ2v) is 6.92. The van der Waals surface area contributed by atoms with Gasteiger partial charge in [-0.3, -0.25) is 4.79 Å². The minimum atomic E-state index is -3.26. The van der Waals surface area contributed by atoms with E-state index in [1.807, 2.05) is 0 Å². The van der Waals surface area contributed by atoms with E-state index in [4.69, 9.17) is 0 Å². The number of amides is 1. The Balaban J connectivity index is 2.18. The molecule has 1 heterocycles. The first kappa shape index (κ1) is 14.7. The number of anilines is 1. The van der Waals surface area contributed by atoms with Crippen LogP contribution in [0.2, 0.25) is 0 Å². The van der Waals surface area contributed by atoms with Gasteiger partial charge in [0.1, 0.15) is 10.4 Å². The van der Waals surface area contributed by atoms with E-state index in [0.29, 0.717) is 16.0 Å². The van der Waals surface area contributed by atoms with Crippen molar-refractivity contribution in [1.82, 2.24) is 4.98 Å². The average Bonchev–Trinajstić information content (AvgIpc) is 2.38. The number of aromatic nitrogens is 1. The van der Waals surface area contributed by atoms with Gasteiger partial charge in [-0.1, -0.05) is 6.07 Å². The Bertz CT molecular complexity index is 742. The summed E-state index contributed by atoms with van der Waals surface area (Å²) in [4.78, 5) is 16.2. The lowest BCUT2D eigenvalue weighted by molar-refractivity contribution is 0.102. The van der Waals surface area contributed by atoms with Gasteiger partial charge in [-0.25, -0.2) is 13.4 Å². The molecule has 1 amide bonds. The van der Waals surface area contributed by atoms with E-state index in [2.05, 4.69) is 26.2 Å². The van der Waals surface area contributed by atoms with Gasteiger partial charge < -0.3 is 5.32 Å². The van der Waals surface area contributed by atoms with Crippen molar-refractivity contribution in [1.29, 1.82) is 0 Å². The summed E-state index contributed by atoms with van der Waals surface area (Å²) in [5, 5.41) is 2.63. The Morgan fingerprint density at radius 1 is 1.15 bits per heavy atom. The van der Waals surface area contributed by atoms with Crippen LogP contribution in [0, 0.1) is 0 Å². The number of hydrogen-bond acceptors (Lipinski definition) is 4. The van der Waals surface area contributed by atoms with Gasteiger partial charge in [0.15, 0.2) is 9.84 Å². The van der Waals surface area contributed by atoms with Crippen LogP contribution < -0.4 is 5.32 Å². The Labute approximate surface area is 125 Å². The summed E-state index contributed by atoms with van der Waals surface area (Å²) in [6, 6.07) is 10.9. The second kappa shape index (κ2) is 5.72. The van der Waals surface area contributed by atoms with Crippen molar-refractivity contribution in [3.8, 4) is 0 Å². The van der Waals surface area contributed by atoms with E-state index in [0.717, 1.165) is 6.26 Å². The fraction of sp³-hybridized carbons (Fsp3) is 0.0769. The molecule has 0 aliphatic heterocycles. The minimum Gasteiger partial charge on any atom is -0.307 e. The van der Waals surface area contributed by atoms with Gasteiger partial charge in [-0.15, -0.1) is 0 Å². The van der Waals surface area contributed by atoms with Crippen molar-refractivity contribution < 1.29 is 13.2 Å². The zero-order valence-electron chi connectivity index (χ0n) is 10.5. The highest BCUT2D eigenvalue weighted by Crippen LogP contribution is 2.13. The molecule has 2 rings (SSSR count). The van der Waals surface area contributed by atoms with E-state index < -0.39 is 9.84 Å². The van der Waals surface area contributed by atoms with Crippen LogP contribution in [0.25, 0.3) is 0 Å². The number of rotatable bonds is 3. The molecule has 0 atom stereocenters. The van der Waals surface area contributed by atoms with Crippen LogP contribution >= 0.6 is 15.9 Å². The smallest absolute Gasteiger partial charge is 0.256 e. The molecule has 1 aromatic carbocycles. The molecule has 0 saturated heterocycles. The quantitative estimate of drug-likeness (QED) is 0.859. The highest BCUT2D eigenvalue weighted by molar-refractivity contribution is 9.10. The summed E-state index contributed by atoms with van der Waals surface area (Å²) in [7, 11) is -3.26. The first-order chi connectivity index (χ1) is 9.36. The molecular weight excluding hydrogens is 344 g/mol. The van der Waals surface area contributed by atoms with Crippen LogP contribution in [-0.4, -0.2) is 25.6 Å². The lowest BCUT2D eigenvalue weighted by atomic mass is 10.2. The maximum absolute atomic E-state index is 12.0. The van der Waals surface area contributed by atoms with Crippen molar-refractivity contribution in [3.05, 3.63) is 52.6 Å². The Hall–Kier alpha value is -1.73. The molecule has 0 saturated carbocycles. The summed E-state index contributed by atoms with van der Waals surface area (Å²) in [6.45, 7) is 0. The standard InChI is InChI=1S/C13H11BrN2O3S/c1-20(18,19)10-7-5-9(6-8-10)13(17)16-12-4-2-3-11(14)15-12/h2-8H,1H3,(H,15,16,17). The third-order valence-electron chi connectivity index (χ3n) is 2.50. The van der Waals surface area contributed by atoms with Crippen molar-refractivity contribution in [2.24, 2.45) is 0 Å². The van der Waals surface area contributed by atoms with Crippen LogP contribution in [0.3, 0.4) is 0 Å². The Kier molecular flexibility index (Phi) is 4.20. The van der Waals surface area contributed by atoms with Gasteiger partial charge in [0, 0.05) is 11.8 Å². The molecule has 5 nitrogen and oxygen atoms in total. The lowest BCUT2D eigenvalue weighted by Gasteiger charge is -2.05. The van der Waals surface area contributed by atoms with Gasteiger partial charge in [-0.05, 0) is 52.3 Å². The summed E-state index contributed by atoms with van der Waals surface area (Å²) in [6.07, 6.45) is 1.12. The Morgan fingerprint density at radius 2 is 1.80 bits per heavy atom. The number of nitrogens with zero attached hydrogens (tertiary/aromatic N) is 1. The number of pyridine rings is 1. The zero-order chi connectivity index (χ0) is 14.8. The number of carbonyl (C=O) groups excluding carboxylic acids is 1. The van der Waals surface area contributed by atoms with E-state index >= 15 is 0 Å². The normalized spacial score (nSPS) is 11.1. The summed E-state index contributed by atoms with van der Waals surface area (Å²) >= 11 is 3.21. The minimum absolute atomic E-state index is 0.176. The molecule has 1 N–H and O–H groups in total. The third-order valence-corrected chi connectivity index (χ3v) is 4.07. The van der Waals surface area contributed by atoms with Gasteiger partial charge in [0.2, 0.25) is 0 Å². The van der Waals surface area contributed by atoms with E-state index in [1.165, 1.54) is 24.3 Å². The Morgan fingerprint density at radius 3 is 2.35 bits per heavy atom. The maximum Gasteiger partial charge on any atom is 0.256 e. The van der Waals surface area contributed by atoms with Gasteiger partial charge >= 0.3 is 0 Å². The van der Waals surface area contributed by atoms with Crippen LogP contribution in [0.1, 0.15) is 10.4 Å². The number of benzene rings is 1. The predicted octanol–water partition coefficient (Wildman–Crippen LogP) is 2.50. The molecule has 0 aliphatic rings. The van der Waals surface area contributed by atoms with Crippen molar-refractivity contribution >= 4 is 37.5 Å². The maximum atomic E-state index is 12.0. The van der Waals surface area contributed by atoms with E-state index in [9.17, 15) is 13.2 Å². The third kappa shape index (κ3) is 3.64. The zero-order valence-corrected chi connectivity index (χ0v) is 12.9.